The van der Waals surface area contributed by atoms with E-state index in [1.165, 1.54) is 12.1 Å². The molecule has 0 heterocycles. The normalized spacial score (nSPS) is 12.2. The van der Waals surface area contributed by atoms with Crippen molar-refractivity contribution in [3.63, 3.8) is 0 Å². The van der Waals surface area contributed by atoms with Crippen LogP contribution in [-0.2, 0) is 4.79 Å². The number of benzene rings is 1. The second kappa shape index (κ2) is 4.98. The first-order valence-corrected chi connectivity index (χ1v) is 4.77. The van der Waals surface area contributed by atoms with Crippen molar-refractivity contribution in [3.05, 3.63) is 29.0 Å². The van der Waals surface area contributed by atoms with Crippen molar-refractivity contribution < 1.29 is 19.0 Å². The van der Waals surface area contributed by atoms with Gasteiger partial charge >= 0.3 is 5.97 Å². The number of carboxylic acid groups (broad SMARTS) is 1. The Labute approximate surface area is 91.4 Å². The van der Waals surface area contributed by atoms with Crippen LogP contribution < -0.4 is 4.74 Å². The van der Waals surface area contributed by atoms with Crippen LogP contribution in [-0.4, -0.2) is 17.2 Å². The predicted molar refractivity (Wildman–Crippen MR) is 53.8 cm³/mol. The molecule has 0 aliphatic rings. The maximum Gasteiger partial charge on any atom is 0.344 e. The van der Waals surface area contributed by atoms with E-state index in [2.05, 4.69) is 0 Å². The summed E-state index contributed by atoms with van der Waals surface area (Å²) < 4.78 is 17.9. The second-order valence-corrected chi connectivity index (χ2v) is 3.34. The van der Waals surface area contributed by atoms with Gasteiger partial charge < -0.3 is 9.84 Å². The third kappa shape index (κ3) is 3.09. The van der Waals surface area contributed by atoms with Crippen molar-refractivity contribution in [2.75, 3.05) is 0 Å². The summed E-state index contributed by atoms with van der Waals surface area (Å²) in [6.45, 7) is 1.68. The minimum absolute atomic E-state index is 0.0901. The van der Waals surface area contributed by atoms with Gasteiger partial charge in [0.1, 0.15) is 11.6 Å². The van der Waals surface area contributed by atoms with E-state index in [9.17, 15) is 9.18 Å². The molecule has 1 aromatic rings. The Morgan fingerprint density at radius 3 is 2.80 bits per heavy atom. The zero-order chi connectivity index (χ0) is 11.4. The fraction of sp³-hybridized carbons (Fsp3) is 0.300. The highest BCUT2D eigenvalue weighted by Gasteiger charge is 2.17. The molecular formula is C10H10ClFO3. The topological polar surface area (TPSA) is 46.5 Å². The van der Waals surface area contributed by atoms with Gasteiger partial charge in [-0.2, -0.15) is 0 Å². The molecular weight excluding hydrogens is 223 g/mol. The van der Waals surface area contributed by atoms with Crippen LogP contribution >= 0.6 is 11.6 Å². The van der Waals surface area contributed by atoms with Crippen molar-refractivity contribution >= 4 is 17.6 Å². The summed E-state index contributed by atoms with van der Waals surface area (Å²) in [7, 11) is 0. The number of aliphatic carboxylic acids is 1. The van der Waals surface area contributed by atoms with Gasteiger partial charge in [-0.15, -0.1) is 0 Å². The summed E-state index contributed by atoms with van der Waals surface area (Å²) in [5, 5.41) is 8.64. The number of carbonyl (C=O) groups is 1. The molecule has 0 bridgehead atoms. The summed E-state index contributed by atoms with van der Waals surface area (Å²) in [4.78, 5) is 10.7. The summed E-state index contributed by atoms with van der Waals surface area (Å²) in [5.41, 5.74) is 0. The first-order valence-electron chi connectivity index (χ1n) is 4.39. The quantitative estimate of drug-likeness (QED) is 0.868. The first kappa shape index (κ1) is 11.8. The summed E-state index contributed by atoms with van der Waals surface area (Å²) >= 11 is 5.52. The number of ether oxygens (including phenoxy) is 1. The molecule has 0 radical (unpaired) electrons. The average molecular weight is 233 g/mol. The van der Waals surface area contributed by atoms with Crippen LogP contribution in [0.2, 0.25) is 5.02 Å². The molecule has 1 N–H and O–H groups in total. The predicted octanol–water partition coefficient (Wildman–Crippen LogP) is 2.72. The molecule has 3 nitrogen and oxygen atoms in total. The maximum absolute atomic E-state index is 12.8. The van der Waals surface area contributed by atoms with Crippen LogP contribution in [0.4, 0.5) is 4.39 Å². The lowest BCUT2D eigenvalue weighted by Crippen LogP contribution is -2.25. The number of hydrogen-bond acceptors (Lipinski definition) is 2. The highest BCUT2D eigenvalue weighted by Crippen LogP contribution is 2.22. The van der Waals surface area contributed by atoms with E-state index >= 15 is 0 Å². The number of halogens is 2. The maximum atomic E-state index is 12.8. The third-order valence-corrected chi connectivity index (χ3v) is 2.11. The highest BCUT2D eigenvalue weighted by atomic mass is 35.5. The molecule has 0 aliphatic carbocycles. The average Bonchev–Trinajstić information content (AvgIpc) is 2.19. The minimum Gasteiger partial charge on any atom is -0.479 e. The van der Waals surface area contributed by atoms with E-state index in [4.69, 9.17) is 21.4 Å². The molecule has 15 heavy (non-hydrogen) atoms. The fourth-order valence-corrected chi connectivity index (χ4v) is 1.19. The van der Waals surface area contributed by atoms with Gasteiger partial charge in [0, 0.05) is 6.07 Å². The van der Waals surface area contributed by atoms with Crippen molar-refractivity contribution in [1.29, 1.82) is 0 Å². The van der Waals surface area contributed by atoms with Crippen LogP contribution in [0, 0.1) is 5.82 Å². The fourth-order valence-electron chi connectivity index (χ4n) is 1.02. The lowest BCUT2D eigenvalue weighted by atomic mass is 10.2. The molecule has 0 saturated carbocycles. The molecule has 1 atom stereocenters. The molecule has 0 aliphatic heterocycles. The molecule has 0 amide bonds. The number of carboxylic acids is 1. The summed E-state index contributed by atoms with van der Waals surface area (Å²) in [6, 6.07) is 3.72. The molecule has 0 aromatic heterocycles. The first-order chi connectivity index (χ1) is 7.04. The van der Waals surface area contributed by atoms with Gasteiger partial charge in [0.25, 0.3) is 0 Å². The minimum atomic E-state index is -1.06. The molecule has 0 fully saturated rings. The van der Waals surface area contributed by atoms with Crippen LogP contribution in [0.3, 0.4) is 0 Å². The lowest BCUT2D eigenvalue weighted by Gasteiger charge is -2.13. The molecule has 1 rings (SSSR count). The van der Waals surface area contributed by atoms with Gasteiger partial charge in [0.2, 0.25) is 0 Å². The van der Waals surface area contributed by atoms with Crippen LogP contribution in [0.25, 0.3) is 0 Å². The largest absolute Gasteiger partial charge is 0.479 e. The van der Waals surface area contributed by atoms with Crippen molar-refractivity contribution in [2.45, 2.75) is 19.4 Å². The number of hydrogen-bond donors (Lipinski definition) is 1. The van der Waals surface area contributed by atoms with Crippen molar-refractivity contribution in [1.82, 2.24) is 0 Å². The van der Waals surface area contributed by atoms with E-state index in [1.807, 2.05) is 0 Å². The molecule has 0 spiro atoms. The van der Waals surface area contributed by atoms with Crippen LogP contribution in [0.5, 0.6) is 5.75 Å². The van der Waals surface area contributed by atoms with Gasteiger partial charge in [-0.05, 0) is 18.6 Å². The zero-order valence-electron chi connectivity index (χ0n) is 8.04. The van der Waals surface area contributed by atoms with E-state index in [1.54, 1.807) is 6.92 Å². The third-order valence-electron chi connectivity index (χ3n) is 1.82. The molecule has 82 valence electrons. The lowest BCUT2D eigenvalue weighted by molar-refractivity contribution is -0.145. The molecule has 1 aromatic carbocycles. The Morgan fingerprint density at radius 2 is 2.33 bits per heavy atom. The summed E-state index contributed by atoms with van der Waals surface area (Å²) in [6.07, 6.45) is -0.615. The van der Waals surface area contributed by atoms with E-state index in [0.717, 1.165) is 6.07 Å². The Balaban J connectivity index is 2.80. The standard InChI is InChI=1S/C10H10ClFO3/c1-2-9(10(13)14)15-6-3-4-8(12)7(11)5-6/h3-5,9H,2H2,1H3,(H,13,14)/t9-/m0/s1. The smallest absolute Gasteiger partial charge is 0.344 e. The molecule has 5 heteroatoms. The van der Waals surface area contributed by atoms with E-state index in [0.29, 0.717) is 6.42 Å². The van der Waals surface area contributed by atoms with E-state index < -0.39 is 17.9 Å². The van der Waals surface area contributed by atoms with Crippen LogP contribution in [0.1, 0.15) is 13.3 Å². The van der Waals surface area contributed by atoms with Gasteiger partial charge in [0.05, 0.1) is 5.02 Å². The van der Waals surface area contributed by atoms with Gasteiger partial charge in [-0.3, -0.25) is 0 Å². The monoisotopic (exact) mass is 232 g/mol. The van der Waals surface area contributed by atoms with E-state index in [-0.39, 0.29) is 10.8 Å². The summed E-state index contributed by atoms with van der Waals surface area (Å²) in [5.74, 6) is -1.37. The Bertz CT molecular complexity index is 368. The van der Waals surface area contributed by atoms with Gasteiger partial charge in [-0.25, -0.2) is 9.18 Å². The Hall–Kier alpha value is -1.29. The molecule has 0 saturated heterocycles. The van der Waals surface area contributed by atoms with Crippen molar-refractivity contribution in [3.8, 4) is 5.75 Å². The number of rotatable bonds is 4. The van der Waals surface area contributed by atoms with Gasteiger partial charge in [-0.1, -0.05) is 18.5 Å². The van der Waals surface area contributed by atoms with Crippen LogP contribution in [0.15, 0.2) is 18.2 Å². The van der Waals surface area contributed by atoms with Gasteiger partial charge in [0.15, 0.2) is 6.10 Å². The highest BCUT2D eigenvalue weighted by molar-refractivity contribution is 6.30. The Kier molecular flexibility index (Phi) is 3.91. The second-order valence-electron chi connectivity index (χ2n) is 2.93. The Morgan fingerprint density at radius 1 is 1.67 bits per heavy atom. The molecule has 0 unspecified atom stereocenters. The SMILES string of the molecule is CC[C@H](Oc1ccc(F)c(Cl)c1)C(=O)O. The zero-order valence-corrected chi connectivity index (χ0v) is 8.79. The van der Waals surface area contributed by atoms with Crippen molar-refractivity contribution in [2.24, 2.45) is 0 Å².